The van der Waals surface area contributed by atoms with Crippen LogP contribution in [0.4, 0.5) is 17.1 Å². The third-order valence-electron chi connectivity index (χ3n) is 14.2. The quantitative estimate of drug-likeness (QED) is 0.155. The molecule has 0 unspecified atom stereocenters. The monoisotopic (exact) mass is 1050 g/mol. The van der Waals surface area contributed by atoms with Crippen molar-refractivity contribution in [3.63, 3.8) is 0 Å². The Bertz CT molecular complexity index is 3300. The Balaban J connectivity index is 1.14. The van der Waals surface area contributed by atoms with Crippen molar-refractivity contribution in [2.45, 2.75) is 67.1 Å². The molecule has 0 N–H and O–H groups in total. The van der Waals surface area contributed by atoms with Gasteiger partial charge < -0.3 is 28.4 Å². The molecule has 0 atom stereocenters. The molecule has 0 aliphatic carbocycles. The number of hydrogen-bond donors (Lipinski definition) is 0. The molecule has 18 heteroatoms. The lowest BCUT2D eigenvalue weighted by Crippen LogP contribution is -2.38. The Morgan fingerprint density at radius 2 is 0.622 bits per heavy atom. The van der Waals surface area contributed by atoms with Gasteiger partial charge in [-0.05, 0) is 64.1 Å². The lowest BCUT2D eigenvalue weighted by Gasteiger charge is -2.47. The normalized spacial score (nSPS) is 16.6. The van der Waals surface area contributed by atoms with Crippen LogP contribution in [0.1, 0.15) is 59.6 Å². The van der Waals surface area contributed by atoms with Crippen LogP contribution in [0.3, 0.4) is 0 Å². The number of anilines is 3. The maximum atomic E-state index is 15.0. The lowest BCUT2D eigenvalue weighted by atomic mass is 9.66. The Labute approximate surface area is 430 Å². The molecule has 0 fully saturated rings. The summed E-state index contributed by atoms with van der Waals surface area (Å²) in [5.41, 5.74) is 3.89. The molecule has 6 aliphatic rings. The van der Waals surface area contributed by atoms with Crippen LogP contribution < -0.4 is 41.3 Å². The molecule has 7 aromatic carbocycles. The Kier molecular flexibility index (Phi) is 11.3. The van der Waals surface area contributed by atoms with Crippen LogP contribution in [-0.2, 0) is 35.5 Å². The standard InChI is InChI=1S/C56H51N3O12S3/c1-35-8-14-44(15-9-35)72(60,61)57-20-5-23-66-41-32-42-34-43(33-41)68-25-7-22-59(74(64,65)46-18-12-37(3)13-19-46)40-29-50-55-52(31-40)71-51-30-39(58(21-6-24-67-42)73(62,63)45-16-10-36(2)11-17-45)28-49-54(51)56(55,4)53-47(69-49)26-38(57)27-48(53)70-50/h8-19,26-34H,5-7,20-25H2,1-4H3. The number of benzene rings is 7. The summed E-state index contributed by atoms with van der Waals surface area (Å²) in [7, 11) is -12.8. The fourth-order valence-electron chi connectivity index (χ4n) is 10.5. The van der Waals surface area contributed by atoms with Gasteiger partial charge >= 0.3 is 0 Å². The number of nitrogens with zero attached hydrogens (tertiary/aromatic N) is 3. The first kappa shape index (κ1) is 47.6. The first-order chi connectivity index (χ1) is 35.5. The van der Waals surface area contributed by atoms with E-state index in [-0.39, 0.29) is 125 Å². The van der Waals surface area contributed by atoms with E-state index in [9.17, 15) is 0 Å². The summed E-state index contributed by atoms with van der Waals surface area (Å²) < 4.78 is 134. The molecule has 6 aliphatic heterocycles. The number of aryl methyl sites for hydroxylation is 3. The molecule has 380 valence electrons. The number of sulfonamides is 3. The van der Waals surface area contributed by atoms with Crippen LogP contribution in [0.15, 0.2) is 142 Å². The highest BCUT2D eigenvalue weighted by molar-refractivity contribution is 7.93. The first-order valence-electron chi connectivity index (χ1n) is 24.4. The van der Waals surface area contributed by atoms with Crippen molar-refractivity contribution < 1.29 is 53.7 Å². The van der Waals surface area contributed by atoms with Gasteiger partial charge in [-0.2, -0.15) is 0 Å². The topological polar surface area (TPSA) is 168 Å². The molecule has 12 bridgehead atoms. The van der Waals surface area contributed by atoms with Gasteiger partial charge in [0.2, 0.25) is 0 Å². The van der Waals surface area contributed by atoms with Crippen molar-refractivity contribution in [1.29, 1.82) is 0 Å². The van der Waals surface area contributed by atoms with Gasteiger partial charge in [-0.25, -0.2) is 25.3 Å². The van der Waals surface area contributed by atoms with Crippen LogP contribution in [0.5, 0.6) is 51.7 Å². The van der Waals surface area contributed by atoms with Gasteiger partial charge in [0.15, 0.2) is 0 Å². The summed E-state index contributed by atoms with van der Waals surface area (Å²) in [6, 6.07) is 35.0. The van der Waals surface area contributed by atoms with E-state index < -0.39 is 35.5 Å². The average Bonchev–Trinajstić information content (AvgIpc) is 3.41. The molecule has 0 aromatic heterocycles. The predicted octanol–water partition coefficient (Wildman–Crippen LogP) is 10.9. The van der Waals surface area contributed by atoms with Crippen LogP contribution in [0.25, 0.3) is 0 Å². The molecule has 0 radical (unpaired) electrons. The van der Waals surface area contributed by atoms with Crippen molar-refractivity contribution in [2.24, 2.45) is 0 Å². The predicted molar refractivity (Wildman–Crippen MR) is 279 cm³/mol. The largest absolute Gasteiger partial charge is 0.493 e. The van der Waals surface area contributed by atoms with Crippen LogP contribution in [0, 0.1) is 20.8 Å². The number of rotatable bonds is 6. The van der Waals surface area contributed by atoms with E-state index in [1.54, 1.807) is 127 Å². The van der Waals surface area contributed by atoms with Gasteiger partial charge in [0.25, 0.3) is 30.1 Å². The summed E-state index contributed by atoms with van der Waals surface area (Å²) in [5, 5.41) is 0. The van der Waals surface area contributed by atoms with Crippen LogP contribution in [0.2, 0.25) is 0 Å². The van der Waals surface area contributed by atoms with Gasteiger partial charge in [-0.15, -0.1) is 0 Å². The maximum absolute atomic E-state index is 15.0. The van der Waals surface area contributed by atoms with Gasteiger partial charge in [-0.3, -0.25) is 12.9 Å². The summed E-state index contributed by atoms with van der Waals surface area (Å²) in [4.78, 5) is 0.189. The Morgan fingerprint density at radius 1 is 0.378 bits per heavy atom. The fraction of sp³-hybridized carbons (Fsp3) is 0.250. The molecule has 7 aromatic rings. The molecule has 0 spiro atoms. The summed E-state index contributed by atoms with van der Waals surface area (Å²) >= 11 is 0. The highest BCUT2D eigenvalue weighted by Gasteiger charge is 2.54. The van der Waals surface area contributed by atoms with E-state index in [2.05, 4.69) is 0 Å². The molecule has 6 heterocycles. The molecule has 13 rings (SSSR count). The van der Waals surface area contributed by atoms with Gasteiger partial charge in [0.1, 0.15) is 51.7 Å². The fourth-order valence-corrected chi connectivity index (χ4v) is 15.0. The zero-order valence-corrected chi connectivity index (χ0v) is 43.4. The van der Waals surface area contributed by atoms with Crippen LogP contribution in [-0.4, -0.2) is 64.7 Å². The second-order valence-corrected chi connectivity index (χ2v) is 24.9. The highest BCUT2D eigenvalue weighted by Crippen LogP contribution is 2.68. The van der Waals surface area contributed by atoms with E-state index in [1.807, 2.05) is 27.7 Å². The van der Waals surface area contributed by atoms with Gasteiger partial charge in [0, 0.05) is 93.5 Å². The minimum atomic E-state index is -4.28. The molecule has 0 saturated carbocycles. The Hall–Kier alpha value is -7.41. The van der Waals surface area contributed by atoms with Crippen molar-refractivity contribution in [3.8, 4) is 51.7 Å². The van der Waals surface area contributed by atoms with Crippen molar-refractivity contribution in [2.75, 3.05) is 52.4 Å². The minimum Gasteiger partial charge on any atom is -0.493 e. The van der Waals surface area contributed by atoms with Gasteiger partial charge in [-0.1, -0.05) is 53.1 Å². The maximum Gasteiger partial charge on any atom is 0.264 e. The number of fused-ring (bicyclic) bond motifs is 12. The zero-order valence-electron chi connectivity index (χ0n) is 41.0. The lowest BCUT2D eigenvalue weighted by molar-refractivity contribution is 0.283. The smallest absolute Gasteiger partial charge is 0.264 e. The van der Waals surface area contributed by atoms with Crippen molar-refractivity contribution in [1.82, 2.24) is 0 Å². The SMILES string of the molecule is Cc1ccc(S(=O)(=O)N2CCCOc3cc4cc(c3)OCCCN(S(=O)(=O)c3ccc(C)cc3)c3cc5c6c(c3)Oc3cc(cc7c3C6(C)c3c(cc2cc3O5)O7)N(S(=O)(=O)c2ccc(C)cc2)CCCO4)cc1. The van der Waals surface area contributed by atoms with Gasteiger partial charge in [0.05, 0.1) is 73.7 Å². The van der Waals surface area contributed by atoms with E-state index in [4.69, 9.17) is 28.4 Å². The van der Waals surface area contributed by atoms with E-state index >= 15 is 25.3 Å². The second-order valence-electron chi connectivity index (χ2n) is 19.3. The van der Waals surface area contributed by atoms with E-state index in [0.717, 1.165) is 16.7 Å². The molecule has 0 amide bonds. The zero-order chi connectivity index (χ0) is 51.3. The average molecular weight is 1050 g/mol. The molecular weight excluding hydrogens is 1000 g/mol. The molecule has 0 saturated heterocycles. The van der Waals surface area contributed by atoms with E-state index in [1.165, 1.54) is 12.9 Å². The molecule has 74 heavy (non-hydrogen) atoms. The van der Waals surface area contributed by atoms with E-state index in [0.29, 0.717) is 33.9 Å². The van der Waals surface area contributed by atoms with Crippen molar-refractivity contribution in [3.05, 3.63) is 161 Å². The summed E-state index contributed by atoms with van der Waals surface area (Å²) in [5.74, 6) is 2.74. The third-order valence-corrected chi connectivity index (χ3v) is 19.7. The Morgan fingerprint density at radius 3 is 0.865 bits per heavy atom. The van der Waals surface area contributed by atoms with Crippen LogP contribution >= 0.6 is 0 Å². The highest BCUT2D eigenvalue weighted by atomic mass is 32.2. The second kappa shape index (κ2) is 17.6. The summed E-state index contributed by atoms with van der Waals surface area (Å²) in [6.07, 6.45) is 0.742. The first-order valence-corrected chi connectivity index (χ1v) is 28.7. The number of ether oxygens (including phenoxy) is 6. The minimum absolute atomic E-state index is 0.0352. The summed E-state index contributed by atoms with van der Waals surface area (Å²) in [6.45, 7) is 7.79. The molecule has 15 nitrogen and oxygen atoms in total. The number of hydrogen-bond acceptors (Lipinski definition) is 12. The third kappa shape index (κ3) is 7.92. The molecular formula is C56H51N3O12S3. The van der Waals surface area contributed by atoms with Crippen molar-refractivity contribution >= 4 is 47.1 Å².